The third kappa shape index (κ3) is 6.30. The molecule has 0 bridgehead atoms. The van der Waals surface area contributed by atoms with Gasteiger partial charge in [-0.3, -0.25) is 0 Å². The van der Waals surface area contributed by atoms with Gasteiger partial charge in [-0.05, 0) is 37.0 Å². The van der Waals surface area contributed by atoms with Gasteiger partial charge in [0.2, 0.25) is 0 Å². The minimum absolute atomic E-state index is 0.850. The molecular formula is C18H29BrO. The van der Waals surface area contributed by atoms with Crippen LogP contribution in [0.5, 0.6) is 5.75 Å². The molecule has 0 aliphatic rings. The zero-order valence-electron chi connectivity index (χ0n) is 13.3. The second-order valence-electron chi connectivity index (χ2n) is 5.66. The van der Waals surface area contributed by atoms with E-state index < -0.39 is 0 Å². The zero-order valence-corrected chi connectivity index (χ0v) is 14.9. The Balaban J connectivity index is 2.25. The Kier molecular flexibility index (Phi) is 9.00. The van der Waals surface area contributed by atoms with Crippen molar-refractivity contribution in [3.05, 3.63) is 28.8 Å². The summed E-state index contributed by atoms with van der Waals surface area (Å²) >= 11 is 3.51. The molecule has 1 aromatic carbocycles. The van der Waals surface area contributed by atoms with Crippen molar-refractivity contribution < 1.29 is 4.74 Å². The SMILES string of the molecule is CCCCCCCCCOc1c(C)cc(CBr)cc1C. The Morgan fingerprint density at radius 1 is 0.900 bits per heavy atom. The van der Waals surface area contributed by atoms with Crippen LogP contribution in [-0.2, 0) is 5.33 Å². The third-order valence-electron chi connectivity index (χ3n) is 3.67. The van der Waals surface area contributed by atoms with Crippen LogP contribution in [0.2, 0.25) is 0 Å². The molecule has 0 aliphatic heterocycles. The molecule has 0 aromatic heterocycles. The van der Waals surface area contributed by atoms with Crippen LogP contribution in [0.3, 0.4) is 0 Å². The number of aryl methyl sites for hydroxylation is 2. The molecule has 0 saturated carbocycles. The van der Waals surface area contributed by atoms with Gasteiger partial charge in [-0.25, -0.2) is 0 Å². The molecule has 20 heavy (non-hydrogen) atoms. The van der Waals surface area contributed by atoms with Crippen molar-refractivity contribution in [3.8, 4) is 5.75 Å². The van der Waals surface area contributed by atoms with E-state index >= 15 is 0 Å². The molecule has 0 aliphatic carbocycles. The highest BCUT2D eigenvalue weighted by Crippen LogP contribution is 2.26. The average Bonchev–Trinajstić information content (AvgIpc) is 2.43. The summed E-state index contributed by atoms with van der Waals surface area (Å²) in [6.45, 7) is 7.39. The molecule has 1 nitrogen and oxygen atoms in total. The van der Waals surface area contributed by atoms with E-state index in [9.17, 15) is 0 Å². The number of alkyl halides is 1. The molecular weight excluding hydrogens is 312 g/mol. The van der Waals surface area contributed by atoms with Crippen LogP contribution >= 0.6 is 15.9 Å². The molecule has 1 aromatic rings. The molecule has 0 amide bonds. The number of hydrogen-bond donors (Lipinski definition) is 0. The van der Waals surface area contributed by atoms with Gasteiger partial charge in [0.25, 0.3) is 0 Å². The summed E-state index contributed by atoms with van der Waals surface area (Å²) in [5.74, 6) is 1.08. The summed E-state index contributed by atoms with van der Waals surface area (Å²) in [7, 11) is 0. The normalized spacial score (nSPS) is 10.8. The van der Waals surface area contributed by atoms with E-state index in [4.69, 9.17) is 4.74 Å². The van der Waals surface area contributed by atoms with Crippen molar-refractivity contribution in [1.29, 1.82) is 0 Å². The quantitative estimate of drug-likeness (QED) is 0.357. The average molecular weight is 341 g/mol. The first-order valence-electron chi connectivity index (χ1n) is 7.98. The largest absolute Gasteiger partial charge is 0.493 e. The lowest BCUT2D eigenvalue weighted by molar-refractivity contribution is 0.300. The molecule has 0 unspecified atom stereocenters. The standard InChI is InChI=1S/C18H29BrO/c1-4-5-6-7-8-9-10-11-20-18-15(2)12-17(14-19)13-16(18)3/h12-13H,4-11,14H2,1-3H3. The predicted octanol–water partition coefficient (Wildman–Crippen LogP) is 6.33. The highest BCUT2D eigenvalue weighted by molar-refractivity contribution is 9.08. The summed E-state index contributed by atoms with van der Waals surface area (Å²) in [5.41, 5.74) is 3.83. The van der Waals surface area contributed by atoms with Crippen molar-refractivity contribution in [2.75, 3.05) is 6.61 Å². The lowest BCUT2D eigenvalue weighted by Gasteiger charge is -2.13. The van der Waals surface area contributed by atoms with E-state index in [0.29, 0.717) is 0 Å². The molecule has 0 atom stereocenters. The fourth-order valence-electron chi connectivity index (χ4n) is 2.58. The fraction of sp³-hybridized carbons (Fsp3) is 0.667. The van der Waals surface area contributed by atoms with Gasteiger partial charge in [0.1, 0.15) is 5.75 Å². The smallest absolute Gasteiger partial charge is 0.125 e. The van der Waals surface area contributed by atoms with Gasteiger partial charge in [-0.2, -0.15) is 0 Å². The van der Waals surface area contributed by atoms with E-state index in [1.165, 1.54) is 61.6 Å². The zero-order chi connectivity index (χ0) is 14.8. The summed E-state index contributed by atoms with van der Waals surface area (Å²) in [6, 6.07) is 4.42. The lowest BCUT2D eigenvalue weighted by atomic mass is 10.1. The fourth-order valence-corrected chi connectivity index (χ4v) is 2.90. The second kappa shape index (κ2) is 10.3. The number of ether oxygens (including phenoxy) is 1. The Hall–Kier alpha value is -0.500. The Morgan fingerprint density at radius 2 is 1.45 bits per heavy atom. The molecule has 1 rings (SSSR count). The minimum atomic E-state index is 0.850. The van der Waals surface area contributed by atoms with Crippen molar-refractivity contribution in [2.24, 2.45) is 0 Å². The molecule has 0 radical (unpaired) electrons. The maximum absolute atomic E-state index is 5.98. The van der Waals surface area contributed by atoms with E-state index in [2.05, 4.69) is 48.8 Å². The minimum Gasteiger partial charge on any atom is -0.493 e. The maximum Gasteiger partial charge on any atom is 0.125 e. The van der Waals surface area contributed by atoms with E-state index in [1.54, 1.807) is 0 Å². The monoisotopic (exact) mass is 340 g/mol. The topological polar surface area (TPSA) is 9.23 Å². The van der Waals surface area contributed by atoms with Crippen molar-refractivity contribution in [3.63, 3.8) is 0 Å². The predicted molar refractivity (Wildman–Crippen MR) is 92.0 cm³/mol. The van der Waals surface area contributed by atoms with Gasteiger partial charge in [0.05, 0.1) is 6.61 Å². The van der Waals surface area contributed by atoms with Crippen LogP contribution in [0.1, 0.15) is 68.6 Å². The van der Waals surface area contributed by atoms with E-state index in [1.807, 2.05) is 0 Å². The molecule has 0 N–H and O–H groups in total. The van der Waals surface area contributed by atoms with Gasteiger partial charge in [-0.1, -0.05) is 73.5 Å². The molecule has 0 spiro atoms. The number of unbranched alkanes of at least 4 members (excludes halogenated alkanes) is 6. The Labute approximate surface area is 133 Å². The molecule has 0 saturated heterocycles. The first-order chi connectivity index (χ1) is 9.69. The summed E-state index contributed by atoms with van der Waals surface area (Å²) < 4.78 is 5.98. The second-order valence-corrected chi connectivity index (χ2v) is 6.22. The maximum atomic E-state index is 5.98. The summed E-state index contributed by atoms with van der Waals surface area (Å²) in [5, 5.41) is 0.909. The van der Waals surface area contributed by atoms with Crippen LogP contribution in [0.15, 0.2) is 12.1 Å². The molecule has 114 valence electrons. The lowest BCUT2D eigenvalue weighted by Crippen LogP contribution is -2.01. The van der Waals surface area contributed by atoms with Gasteiger partial charge in [0, 0.05) is 5.33 Å². The third-order valence-corrected chi connectivity index (χ3v) is 4.32. The summed E-state index contributed by atoms with van der Waals surface area (Å²) in [6.07, 6.45) is 9.30. The van der Waals surface area contributed by atoms with Crippen LogP contribution in [-0.4, -0.2) is 6.61 Å². The van der Waals surface area contributed by atoms with Gasteiger partial charge < -0.3 is 4.74 Å². The molecule has 2 heteroatoms. The van der Waals surface area contributed by atoms with Crippen LogP contribution in [0, 0.1) is 13.8 Å². The van der Waals surface area contributed by atoms with Gasteiger partial charge >= 0.3 is 0 Å². The first-order valence-corrected chi connectivity index (χ1v) is 9.10. The van der Waals surface area contributed by atoms with Crippen molar-refractivity contribution in [2.45, 2.75) is 71.0 Å². The van der Waals surface area contributed by atoms with Crippen molar-refractivity contribution in [1.82, 2.24) is 0 Å². The van der Waals surface area contributed by atoms with Crippen LogP contribution < -0.4 is 4.74 Å². The molecule has 0 fully saturated rings. The number of halogens is 1. The highest BCUT2D eigenvalue weighted by Gasteiger charge is 2.05. The van der Waals surface area contributed by atoms with E-state index in [0.717, 1.165) is 17.7 Å². The first kappa shape index (κ1) is 17.6. The Morgan fingerprint density at radius 3 is 2.00 bits per heavy atom. The number of hydrogen-bond acceptors (Lipinski definition) is 1. The van der Waals surface area contributed by atoms with Crippen LogP contribution in [0.4, 0.5) is 0 Å². The van der Waals surface area contributed by atoms with Crippen molar-refractivity contribution >= 4 is 15.9 Å². The highest BCUT2D eigenvalue weighted by atomic mass is 79.9. The number of rotatable bonds is 10. The number of benzene rings is 1. The molecule has 0 heterocycles. The van der Waals surface area contributed by atoms with E-state index in [-0.39, 0.29) is 0 Å². The Bertz CT molecular complexity index is 364. The summed E-state index contributed by atoms with van der Waals surface area (Å²) in [4.78, 5) is 0. The van der Waals surface area contributed by atoms with Crippen LogP contribution in [0.25, 0.3) is 0 Å². The van der Waals surface area contributed by atoms with Gasteiger partial charge in [0.15, 0.2) is 0 Å². The van der Waals surface area contributed by atoms with Gasteiger partial charge in [-0.15, -0.1) is 0 Å².